The number of aliphatic hydroxyl groups excluding tert-OH is 1. The minimum absolute atomic E-state index is 0.204. The van der Waals surface area contributed by atoms with Gasteiger partial charge in [0.1, 0.15) is 6.04 Å². The van der Waals surface area contributed by atoms with E-state index in [2.05, 4.69) is 12.2 Å². The van der Waals surface area contributed by atoms with Crippen LogP contribution >= 0.6 is 0 Å². The molecule has 5 heteroatoms. The number of benzene rings is 1. The van der Waals surface area contributed by atoms with Gasteiger partial charge in [0.2, 0.25) is 5.91 Å². The normalized spacial score (nSPS) is 11.9. The first-order valence-corrected chi connectivity index (χ1v) is 6.27. The minimum atomic E-state index is -1.23. The number of aliphatic hydroxyl groups is 1. The lowest BCUT2D eigenvalue weighted by Crippen LogP contribution is -2.43. The Morgan fingerprint density at radius 3 is 2.26 bits per heavy atom. The van der Waals surface area contributed by atoms with Gasteiger partial charge in [0.25, 0.3) is 0 Å². The number of carbonyl (C=O) groups is 2. The monoisotopic (exact) mass is 265 g/mol. The molecule has 0 aliphatic rings. The zero-order valence-electron chi connectivity index (χ0n) is 10.9. The van der Waals surface area contributed by atoms with E-state index in [1.54, 1.807) is 0 Å². The summed E-state index contributed by atoms with van der Waals surface area (Å²) in [5.74, 6) is -1.61. The van der Waals surface area contributed by atoms with Crippen molar-refractivity contribution in [2.24, 2.45) is 0 Å². The fourth-order valence-corrected chi connectivity index (χ4v) is 1.65. The molecule has 3 N–H and O–H groups in total. The number of carboxylic acids is 1. The topological polar surface area (TPSA) is 86.6 Å². The van der Waals surface area contributed by atoms with Crippen molar-refractivity contribution in [3.63, 3.8) is 0 Å². The summed E-state index contributed by atoms with van der Waals surface area (Å²) >= 11 is 0. The molecule has 0 heterocycles. The third-order valence-electron chi connectivity index (χ3n) is 2.89. The Morgan fingerprint density at radius 2 is 1.79 bits per heavy atom. The van der Waals surface area contributed by atoms with Crippen molar-refractivity contribution < 1.29 is 19.8 Å². The molecule has 0 bridgehead atoms. The second-order valence-electron chi connectivity index (χ2n) is 4.31. The predicted octanol–water partition coefficient (Wildman–Crippen LogP) is 0.743. The van der Waals surface area contributed by atoms with Gasteiger partial charge < -0.3 is 15.5 Å². The molecule has 1 unspecified atom stereocenters. The van der Waals surface area contributed by atoms with Crippen LogP contribution in [0.1, 0.15) is 24.5 Å². The maximum atomic E-state index is 11.5. The Kier molecular flexibility index (Phi) is 6.02. The SMILES string of the molecule is CCc1ccc(CCC(=O)NC(CO)C(=O)O)cc1. The zero-order valence-corrected chi connectivity index (χ0v) is 10.9. The summed E-state index contributed by atoms with van der Waals surface area (Å²) in [7, 11) is 0. The molecular formula is C14H19NO4. The van der Waals surface area contributed by atoms with E-state index >= 15 is 0 Å². The highest BCUT2D eigenvalue weighted by molar-refractivity contribution is 5.83. The van der Waals surface area contributed by atoms with E-state index in [1.165, 1.54) is 5.56 Å². The Balaban J connectivity index is 2.42. The van der Waals surface area contributed by atoms with Gasteiger partial charge in [-0.15, -0.1) is 0 Å². The van der Waals surface area contributed by atoms with Crippen molar-refractivity contribution in [3.8, 4) is 0 Å². The van der Waals surface area contributed by atoms with Crippen LogP contribution in [-0.4, -0.2) is 34.7 Å². The van der Waals surface area contributed by atoms with Gasteiger partial charge in [0.05, 0.1) is 6.61 Å². The van der Waals surface area contributed by atoms with Crippen LogP contribution in [0.2, 0.25) is 0 Å². The highest BCUT2D eigenvalue weighted by atomic mass is 16.4. The van der Waals surface area contributed by atoms with Crippen LogP contribution in [-0.2, 0) is 22.4 Å². The van der Waals surface area contributed by atoms with Gasteiger partial charge in [0.15, 0.2) is 0 Å². The number of carbonyl (C=O) groups excluding carboxylic acids is 1. The first-order valence-electron chi connectivity index (χ1n) is 6.27. The van der Waals surface area contributed by atoms with Crippen LogP contribution in [0.15, 0.2) is 24.3 Å². The van der Waals surface area contributed by atoms with Crippen LogP contribution < -0.4 is 5.32 Å². The van der Waals surface area contributed by atoms with Gasteiger partial charge in [-0.3, -0.25) is 4.79 Å². The molecule has 0 saturated carbocycles. The average molecular weight is 265 g/mol. The number of rotatable bonds is 7. The highest BCUT2D eigenvalue weighted by Crippen LogP contribution is 2.07. The fourth-order valence-electron chi connectivity index (χ4n) is 1.65. The molecule has 0 spiro atoms. The number of carboxylic acid groups (broad SMARTS) is 1. The maximum Gasteiger partial charge on any atom is 0.328 e. The Morgan fingerprint density at radius 1 is 1.21 bits per heavy atom. The average Bonchev–Trinajstić information content (AvgIpc) is 2.42. The molecule has 0 radical (unpaired) electrons. The summed E-state index contributed by atoms with van der Waals surface area (Å²) in [6.45, 7) is 1.47. The Hall–Kier alpha value is -1.88. The fraction of sp³-hybridized carbons (Fsp3) is 0.429. The molecular weight excluding hydrogens is 246 g/mol. The van der Waals surface area contributed by atoms with Crippen molar-refractivity contribution in [1.82, 2.24) is 5.32 Å². The van der Waals surface area contributed by atoms with Gasteiger partial charge in [-0.05, 0) is 24.0 Å². The molecule has 1 aromatic carbocycles. The molecule has 1 rings (SSSR count). The van der Waals surface area contributed by atoms with E-state index < -0.39 is 18.6 Å². The first-order chi connectivity index (χ1) is 9.06. The van der Waals surface area contributed by atoms with E-state index in [0.717, 1.165) is 12.0 Å². The van der Waals surface area contributed by atoms with E-state index in [9.17, 15) is 9.59 Å². The van der Waals surface area contributed by atoms with Crippen molar-refractivity contribution >= 4 is 11.9 Å². The summed E-state index contributed by atoms with van der Waals surface area (Å²) in [6.07, 6.45) is 1.72. The molecule has 0 saturated heterocycles. The molecule has 104 valence electrons. The first kappa shape index (κ1) is 15.2. The van der Waals surface area contributed by atoms with E-state index in [4.69, 9.17) is 10.2 Å². The second-order valence-corrected chi connectivity index (χ2v) is 4.31. The van der Waals surface area contributed by atoms with Gasteiger partial charge in [-0.25, -0.2) is 4.79 Å². The zero-order chi connectivity index (χ0) is 14.3. The van der Waals surface area contributed by atoms with Crippen LogP contribution in [0.25, 0.3) is 0 Å². The molecule has 5 nitrogen and oxygen atoms in total. The molecule has 0 aliphatic heterocycles. The summed E-state index contributed by atoms with van der Waals surface area (Å²) in [5, 5.41) is 19.8. The molecule has 1 atom stereocenters. The third kappa shape index (κ3) is 5.09. The molecule has 19 heavy (non-hydrogen) atoms. The third-order valence-corrected chi connectivity index (χ3v) is 2.89. The Labute approximate surface area is 112 Å². The summed E-state index contributed by atoms with van der Waals surface area (Å²) in [5.41, 5.74) is 2.27. The summed E-state index contributed by atoms with van der Waals surface area (Å²) in [6, 6.07) is 6.73. The molecule has 0 aromatic heterocycles. The summed E-state index contributed by atoms with van der Waals surface area (Å²) < 4.78 is 0. The van der Waals surface area contributed by atoms with Gasteiger partial charge in [0, 0.05) is 6.42 Å². The van der Waals surface area contributed by atoms with E-state index in [-0.39, 0.29) is 12.3 Å². The number of nitrogens with one attached hydrogen (secondary N) is 1. The number of amides is 1. The van der Waals surface area contributed by atoms with E-state index in [0.29, 0.717) is 6.42 Å². The van der Waals surface area contributed by atoms with Gasteiger partial charge in [-0.1, -0.05) is 31.2 Å². The lowest BCUT2D eigenvalue weighted by molar-refractivity contribution is -0.142. The quantitative estimate of drug-likeness (QED) is 0.678. The summed E-state index contributed by atoms with van der Waals surface area (Å²) in [4.78, 5) is 22.2. The lowest BCUT2D eigenvalue weighted by atomic mass is 10.1. The molecule has 0 fully saturated rings. The number of hydrogen-bond donors (Lipinski definition) is 3. The molecule has 0 aliphatic carbocycles. The predicted molar refractivity (Wildman–Crippen MR) is 70.8 cm³/mol. The lowest BCUT2D eigenvalue weighted by Gasteiger charge is -2.11. The molecule has 1 aromatic rings. The number of aliphatic carboxylic acids is 1. The van der Waals surface area contributed by atoms with Gasteiger partial charge >= 0.3 is 5.97 Å². The smallest absolute Gasteiger partial charge is 0.328 e. The van der Waals surface area contributed by atoms with E-state index in [1.807, 2.05) is 24.3 Å². The van der Waals surface area contributed by atoms with Gasteiger partial charge in [-0.2, -0.15) is 0 Å². The van der Waals surface area contributed by atoms with Crippen LogP contribution in [0.5, 0.6) is 0 Å². The minimum Gasteiger partial charge on any atom is -0.480 e. The standard InChI is InChI=1S/C14H19NO4/c1-2-10-3-5-11(6-4-10)7-8-13(17)15-12(9-16)14(18)19/h3-6,12,16H,2,7-9H2,1H3,(H,15,17)(H,18,19). The molecule has 1 amide bonds. The number of hydrogen-bond acceptors (Lipinski definition) is 3. The van der Waals surface area contributed by atoms with Crippen LogP contribution in [0.4, 0.5) is 0 Å². The van der Waals surface area contributed by atoms with Crippen LogP contribution in [0, 0.1) is 0 Å². The second kappa shape index (κ2) is 7.53. The number of aryl methyl sites for hydroxylation is 2. The highest BCUT2D eigenvalue weighted by Gasteiger charge is 2.18. The van der Waals surface area contributed by atoms with Crippen LogP contribution in [0.3, 0.4) is 0 Å². The van der Waals surface area contributed by atoms with Crippen molar-refractivity contribution in [3.05, 3.63) is 35.4 Å². The van der Waals surface area contributed by atoms with Crippen molar-refractivity contribution in [2.75, 3.05) is 6.61 Å². The van der Waals surface area contributed by atoms with Crippen molar-refractivity contribution in [2.45, 2.75) is 32.2 Å². The maximum absolute atomic E-state index is 11.5. The Bertz CT molecular complexity index is 428. The van der Waals surface area contributed by atoms with Crippen molar-refractivity contribution in [1.29, 1.82) is 0 Å². The largest absolute Gasteiger partial charge is 0.480 e.